The van der Waals surface area contributed by atoms with Gasteiger partial charge in [-0.05, 0) is 18.2 Å². The van der Waals surface area contributed by atoms with Crippen molar-refractivity contribution in [3.8, 4) is 11.5 Å². The van der Waals surface area contributed by atoms with Crippen LogP contribution in [-0.4, -0.2) is 23.4 Å². The summed E-state index contributed by atoms with van der Waals surface area (Å²) >= 11 is 0. The van der Waals surface area contributed by atoms with Crippen LogP contribution in [0.5, 0.6) is 11.5 Å². The Morgan fingerprint density at radius 1 is 1.17 bits per heavy atom. The van der Waals surface area contributed by atoms with Gasteiger partial charge in [0, 0.05) is 24.7 Å². The van der Waals surface area contributed by atoms with Crippen molar-refractivity contribution in [3.63, 3.8) is 0 Å². The number of carbonyl (C=O) groups is 2. The first-order valence-corrected chi connectivity index (χ1v) is 6.90. The highest BCUT2D eigenvalue weighted by Crippen LogP contribution is 2.25. The zero-order valence-corrected chi connectivity index (χ0v) is 12.7. The molecule has 2 aromatic carbocycles. The number of hydrogen-bond acceptors (Lipinski definition) is 6. The van der Waals surface area contributed by atoms with Crippen LogP contribution < -0.4 is 14.8 Å². The molecular formula is C16H14N2O6. The molecule has 1 amide bonds. The van der Waals surface area contributed by atoms with E-state index in [4.69, 9.17) is 9.47 Å². The van der Waals surface area contributed by atoms with Crippen LogP contribution >= 0.6 is 0 Å². The zero-order valence-electron chi connectivity index (χ0n) is 12.7. The molecular weight excluding hydrogens is 316 g/mol. The minimum absolute atomic E-state index is 0.0218. The smallest absolute Gasteiger partial charge is 0.349 e. The number of nitro groups is 1. The molecule has 8 heteroatoms. The predicted octanol–water partition coefficient (Wildman–Crippen LogP) is 2.54. The number of anilines is 1. The van der Waals surface area contributed by atoms with E-state index in [-0.39, 0.29) is 23.1 Å². The third kappa shape index (κ3) is 4.80. The molecule has 0 aliphatic heterocycles. The largest absolute Gasteiger partial charge is 0.475 e. The maximum atomic E-state index is 11.8. The number of carbonyl (C=O) groups excluding carboxylic acids is 2. The highest BCUT2D eigenvalue weighted by atomic mass is 16.6. The lowest BCUT2D eigenvalue weighted by Crippen LogP contribution is -2.18. The first kappa shape index (κ1) is 16.9. The molecule has 8 nitrogen and oxygen atoms in total. The first-order valence-electron chi connectivity index (χ1n) is 6.90. The molecule has 0 unspecified atom stereocenters. The Labute approximate surface area is 137 Å². The van der Waals surface area contributed by atoms with E-state index in [0.717, 1.165) is 0 Å². The van der Waals surface area contributed by atoms with Gasteiger partial charge in [-0.2, -0.15) is 0 Å². The van der Waals surface area contributed by atoms with Gasteiger partial charge in [0.15, 0.2) is 12.4 Å². The summed E-state index contributed by atoms with van der Waals surface area (Å²) in [5, 5.41) is 13.4. The summed E-state index contributed by atoms with van der Waals surface area (Å²) in [6.07, 6.45) is 0. The lowest BCUT2D eigenvalue weighted by atomic mass is 10.3. The second-order valence-electron chi connectivity index (χ2n) is 4.70. The van der Waals surface area contributed by atoms with Crippen molar-refractivity contribution in [2.75, 3.05) is 11.9 Å². The highest BCUT2D eigenvalue weighted by Gasteiger charge is 2.15. The van der Waals surface area contributed by atoms with Crippen molar-refractivity contribution < 1.29 is 24.0 Å². The molecule has 0 radical (unpaired) electrons. The summed E-state index contributed by atoms with van der Waals surface area (Å²) in [6.45, 7) is 0.870. The molecule has 1 N–H and O–H groups in total. The van der Waals surface area contributed by atoms with Crippen LogP contribution in [0, 0.1) is 10.1 Å². The van der Waals surface area contributed by atoms with Gasteiger partial charge < -0.3 is 14.8 Å². The van der Waals surface area contributed by atoms with Gasteiger partial charge in [0.05, 0.1) is 4.92 Å². The van der Waals surface area contributed by atoms with Crippen LogP contribution in [0.4, 0.5) is 11.4 Å². The molecule has 0 aromatic heterocycles. The fraction of sp³-hybridized carbons (Fsp3) is 0.125. The monoisotopic (exact) mass is 330 g/mol. The highest BCUT2D eigenvalue weighted by molar-refractivity contribution is 5.89. The van der Waals surface area contributed by atoms with E-state index < -0.39 is 17.5 Å². The van der Waals surface area contributed by atoms with Crippen LogP contribution in [0.25, 0.3) is 0 Å². The van der Waals surface area contributed by atoms with E-state index in [0.29, 0.717) is 5.69 Å². The summed E-state index contributed by atoms with van der Waals surface area (Å²) in [7, 11) is 0. The van der Waals surface area contributed by atoms with E-state index in [2.05, 4.69) is 5.32 Å². The van der Waals surface area contributed by atoms with Gasteiger partial charge in [0.1, 0.15) is 5.75 Å². The van der Waals surface area contributed by atoms with Crippen LogP contribution in [0.1, 0.15) is 6.92 Å². The van der Waals surface area contributed by atoms with E-state index in [9.17, 15) is 19.7 Å². The number of amides is 1. The molecule has 124 valence electrons. The van der Waals surface area contributed by atoms with Gasteiger partial charge in [-0.3, -0.25) is 14.9 Å². The van der Waals surface area contributed by atoms with Crippen molar-refractivity contribution in [2.45, 2.75) is 6.92 Å². The Balaban J connectivity index is 1.97. The maximum Gasteiger partial charge on any atom is 0.349 e. The number of nitrogens with zero attached hydrogens (tertiary/aromatic N) is 1. The Morgan fingerprint density at radius 2 is 1.92 bits per heavy atom. The summed E-state index contributed by atoms with van der Waals surface area (Å²) in [4.78, 5) is 33.1. The number of benzene rings is 2. The Morgan fingerprint density at radius 3 is 2.62 bits per heavy atom. The topological polar surface area (TPSA) is 108 Å². The van der Waals surface area contributed by atoms with Crippen LogP contribution in [0.3, 0.4) is 0 Å². The predicted molar refractivity (Wildman–Crippen MR) is 85.0 cm³/mol. The average molecular weight is 330 g/mol. The van der Waals surface area contributed by atoms with E-state index in [1.807, 2.05) is 0 Å². The van der Waals surface area contributed by atoms with Crippen molar-refractivity contribution in [1.82, 2.24) is 0 Å². The minimum Gasteiger partial charge on any atom is -0.475 e. The van der Waals surface area contributed by atoms with Crippen LogP contribution in [0.2, 0.25) is 0 Å². The molecule has 0 heterocycles. The van der Waals surface area contributed by atoms with Gasteiger partial charge in [-0.25, -0.2) is 4.79 Å². The Hall–Kier alpha value is -3.42. The quantitative estimate of drug-likeness (QED) is 0.377. The lowest BCUT2D eigenvalue weighted by Gasteiger charge is -2.08. The minimum atomic E-state index is -0.729. The third-order valence-electron chi connectivity index (χ3n) is 2.79. The Kier molecular flexibility index (Phi) is 5.45. The molecule has 0 aliphatic rings. The normalized spacial score (nSPS) is 9.88. The molecule has 2 rings (SSSR count). The van der Waals surface area contributed by atoms with Crippen LogP contribution in [0.15, 0.2) is 48.5 Å². The Bertz CT molecular complexity index is 775. The van der Waals surface area contributed by atoms with Gasteiger partial charge in [-0.15, -0.1) is 0 Å². The fourth-order valence-corrected chi connectivity index (χ4v) is 1.87. The molecule has 24 heavy (non-hydrogen) atoms. The van der Waals surface area contributed by atoms with E-state index in [1.165, 1.54) is 37.3 Å². The molecule has 0 fully saturated rings. The average Bonchev–Trinajstić information content (AvgIpc) is 2.53. The molecule has 0 saturated heterocycles. The molecule has 0 aliphatic carbocycles. The van der Waals surface area contributed by atoms with Crippen molar-refractivity contribution in [3.05, 3.63) is 58.6 Å². The SMILES string of the molecule is CC(=O)Nc1cccc(OC(=O)COc2ccccc2[N+](=O)[O-])c1. The van der Waals surface area contributed by atoms with Crippen LogP contribution in [-0.2, 0) is 9.59 Å². The number of ether oxygens (including phenoxy) is 2. The summed E-state index contributed by atoms with van der Waals surface area (Å²) in [5.74, 6) is -0.782. The lowest BCUT2D eigenvalue weighted by molar-refractivity contribution is -0.385. The molecule has 2 aromatic rings. The fourth-order valence-electron chi connectivity index (χ4n) is 1.87. The number of para-hydroxylation sites is 2. The number of rotatable bonds is 6. The maximum absolute atomic E-state index is 11.8. The van der Waals surface area contributed by atoms with Gasteiger partial charge in [0.2, 0.25) is 5.91 Å². The van der Waals surface area contributed by atoms with Gasteiger partial charge in [0.25, 0.3) is 0 Å². The third-order valence-corrected chi connectivity index (χ3v) is 2.79. The van der Waals surface area contributed by atoms with E-state index >= 15 is 0 Å². The van der Waals surface area contributed by atoms with Gasteiger partial charge >= 0.3 is 11.7 Å². The second-order valence-corrected chi connectivity index (χ2v) is 4.70. The first-order chi connectivity index (χ1) is 11.5. The summed E-state index contributed by atoms with van der Waals surface area (Å²) < 4.78 is 10.2. The van der Waals surface area contributed by atoms with Crippen molar-refractivity contribution in [2.24, 2.45) is 0 Å². The number of esters is 1. The number of hydrogen-bond donors (Lipinski definition) is 1. The van der Waals surface area contributed by atoms with E-state index in [1.54, 1.807) is 18.2 Å². The molecule has 0 bridgehead atoms. The molecule has 0 spiro atoms. The summed E-state index contributed by atoms with van der Waals surface area (Å²) in [5.41, 5.74) is 0.241. The second kappa shape index (κ2) is 7.73. The zero-order chi connectivity index (χ0) is 17.5. The number of nitro benzene ring substituents is 1. The van der Waals surface area contributed by atoms with Gasteiger partial charge in [-0.1, -0.05) is 18.2 Å². The molecule has 0 saturated carbocycles. The molecule has 0 atom stereocenters. The summed E-state index contributed by atoms with van der Waals surface area (Å²) in [6, 6.07) is 12.0. The van der Waals surface area contributed by atoms with Crippen molar-refractivity contribution in [1.29, 1.82) is 0 Å². The van der Waals surface area contributed by atoms with Crippen molar-refractivity contribution >= 4 is 23.3 Å². The number of nitrogens with one attached hydrogen (secondary N) is 1. The standard InChI is InChI=1S/C16H14N2O6/c1-11(19)17-12-5-4-6-13(9-12)24-16(20)10-23-15-8-3-2-7-14(15)18(21)22/h2-9H,10H2,1H3,(H,17,19).